The molecule has 2 aromatic rings. The average Bonchev–Trinajstić information content (AvgIpc) is 2.87. The zero-order valence-electron chi connectivity index (χ0n) is 19.9. The molecule has 2 aromatic carbocycles. The Balaban J connectivity index is 1.52. The molecule has 1 fully saturated rings. The van der Waals surface area contributed by atoms with E-state index < -0.39 is 5.83 Å². The van der Waals surface area contributed by atoms with Crippen molar-refractivity contribution in [3.63, 3.8) is 0 Å². The highest BCUT2D eigenvalue weighted by Gasteiger charge is 2.11. The summed E-state index contributed by atoms with van der Waals surface area (Å²) in [7, 11) is 0. The second-order valence-corrected chi connectivity index (χ2v) is 8.20. The lowest BCUT2D eigenvalue weighted by atomic mass is 10.0. The minimum atomic E-state index is -0.473. The number of aliphatic imine (C=N–C) groups is 1. The van der Waals surface area contributed by atoms with E-state index in [4.69, 9.17) is 9.47 Å². The van der Waals surface area contributed by atoms with Crippen LogP contribution < -0.4 is 5.32 Å². The highest BCUT2D eigenvalue weighted by Crippen LogP contribution is 2.22. The van der Waals surface area contributed by atoms with Crippen LogP contribution in [0.2, 0.25) is 0 Å². The van der Waals surface area contributed by atoms with E-state index >= 15 is 0 Å². The average molecular weight is 484 g/mol. The highest BCUT2D eigenvalue weighted by atomic mass is 19.1. The van der Waals surface area contributed by atoms with Crippen LogP contribution in [-0.2, 0) is 27.2 Å². The predicted molar refractivity (Wildman–Crippen MR) is 133 cm³/mol. The third-order valence-electron chi connectivity index (χ3n) is 5.66. The first-order valence-electron chi connectivity index (χ1n) is 11.5. The van der Waals surface area contributed by atoms with Gasteiger partial charge in [0.05, 0.1) is 19.6 Å². The summed E-state index contributed by atoms with van der Waals surface area (Å²) in [5.74, 6) is -0.867. The Kier molecular flexibility index (Phi) is 10.1. The summed E-state index contributed by atoms with van der Waals surface area (Å²) in [6.07, 6.45) is 1.40. The lowest BCUT2D eigenvalue weighted by Gasteiger charge is -2.26. The Morgan fingerprint density at radius 3 is 2.63 bits per heavy atom. The van der Waals surface area contributed by atoms with Crippen molar-refractivity contribution in [1.29, 1.82) is 0 Å². The maximum absolute atomic E-state index is 14.8. The SMILES string of the molecule is C=N/C(=C\C(F)=C(/C)c1ccc(CC(=O)NCc2cccc(F)c2)cc1)OCCN1CCOCC1. The zero-order chi connectivity index (χ0) is 25.0. The quantitative estimate of drug-likeness (QED) is 0.295. The van der Waals surface area contributed by atoms with Crippen LogP contribution in [0.25, 0.3) is 5.57 Å². The molecule has 1 aliphatic rings. The number of nitrogens with zero attached hydrogens (tertiary/aromatic N) is 2. The molecule has 0 radical (unpaired) electrons. The monoisotopic (exact) mass is 483 g/mol. The lowest BCUT2D eigenvalue weighted by Crippen LogP contribution is -2.38. The Morgan fingerprint density at radius 1 is 1.20 bits per heavy atom. The van der Waals surface area contributed by atoms with Crippen molar-refractivity contribution in [1.82, 2.24) is 10.2 Å². The zero-order valence-corrected chi connectivity index (χ0v) is 19.9. The van der Waals surface area contributed by atoms with Gasteiger partial charge in [-0.1, -0.05) is 36.4 Å². The van der Waals surface area contributed by atoms with Crippen molar-refractivity contribution < 1.29 is 23.0 Å². The number of rotatable bonds is 11. The third kappa shape index (κ3) is 8.73. The fourth-order valence-corrected chi connectivity index (χ4v) is 3.56. The standard InChI is InChI=1S/C27H31F2N3O3/c1-20(25(29)18-27(30-2)35-15-12-32-10-13-34-14-11-32)23-8-6-21(7-9-23)17-26(33)31-19-22-4-3-5-24(28)16-22/h3-9,16,18H,2,10-15,17,19H2,1H3,(H,31,33)/b25-20-,27-18+. The number of hydrogen-bond donors (Lipinski definition) is 1. The highest BCUT2D eigenvalue weighted by molar-refractivity contribution is 5.78. The van der Waals surface area contributed by atoms with Crippen molar-refractivity contribution in [2.24, 2.45) is 4.99 Å². The minimum Gasteiger partial charge on any atom is -0.476 e. The normalized spacial score (nSPS) is 15.3. The number of halogens is 2. The summed E-state index contributed by atoms with van der Waals surface area (Å²) in [6, 6.07) is 13.2. The van der Waals surface area contributed by atoms with Gasteiger partial charge in [-0.2, -0.15) is 0 Å². The number of amides is 1. The molecule has 186 valence electrons. The number of ether oxygens (including phenoxy) is 2. The fraction of sp³-hybridized carbons (Fsp3) is 0.333. The van der Waals surface area contributed by atoms with Crippen LogP contribution in [0.5, 0.6) is 0 Å². The van der Waals surface area contributed by atoms with E-state index in [-0.39, 0.29) is 30.6 Å². The fourth-order valence-electron chi connectivity index (χ4n) is 3.56. The van der Waals surface area contributed by atoms with E-state index in [0.29, 0.717) is 43.1 Å². The van der Waals surface area contributed by atoms with E-state index in [1.807, 2.05) is 0 Å². The largest absolute Gasteiger partial charge is 0.476 e. The third-order valence-corrected chi connectivity index (χ3v) is 5.66. The Bertz CT molecular complexity index is 1060. The number of allylic oxidation sites excluding steroid dienone is 3. The number of nitrogens with one attached hydrogen (secondary N) is 1. The molecule has 0 bridgehead atoms. The second-order valence-electron chi connectivity index (χ2n) is 8.20. The summed E-state index contributed by atoms with van der Waals surface area (Å²) in [4.78, 5) is 18.2. The molecule has 1 saturated heterocycles. The van der Waals surface area contributed by atoms with E-state index in [1.54, 1.807) is 43.3 Å². The molecule has 0 aliphatic carbocycles. The lowest BCUT2D eigenvalue weighted by molar-refractivity contribution is -0.120. The summed E-state index contributed by atoms with van der Waals surface area (Å²) in [5.41, 5.74) is 2.58. The van der Waals surface area contributed by atoms with Crippen molar-refractivity contribution in [3.8, 4) is 0 Å². The molecule has 0 atom stereocenters. The first-order valence-corrected chi connectivity index (χ1v) is 11.5. The van der Waals surface area contributed by atoms with Crippen LogP contribution in [-0.4, -0.2) is 57.0 Å². The van der Waals surface area contributed by atoms with Gasteiger partial charge in [-0.25, -0.2) is 13.8 Å². The van der Waals surface area contributed by atoms with Gasteiger partial charge in [0.1, 0.15) is 18.3 Å². The van der Waals surface area contributed by atoms with Gasteiger partial charge in [-0.15, -0.1) is 0 Å². The van der Waals surface area contributed by atoms with Crippen LogP contribution in [0.3, 0.4) is 0 Å². The maximum Gasteiger partial charge on any atom is 0.224 e. The smallest absolute Gasteiger partial charge is 0.224 e. The second kappa shape index (κ2) is 13.5. The molecule has 8 heteroatoms. The van der Waals surface area contributed by atoms with E-state index in [1.165, 1.54) is 18.2 Å². The Morgan fingerprint density at radius 2 is 1.94 bits per heavy atom. The minimum absolute atomic E-state index is 0.127. The molecular weight excluding hydrogens is 452 g/mol. The predicted octanol–water partition coefficient (Wildman–Crippen LogP) is 4.28. The molecule has 3 rings (SSSR count). The molecule has 0 aromatic heterocycles. The topological polar surface area (TPSA) is 63.2 Å². The molecule has 1 heterocycles. The Labute approximate surface area is 205 Å². The van der Waals surface area contributed by atoms with Crippen molar-refractivity contribution in [3.05, 3.63) is 88.8 Å². The van der Waals surface area contributed by atoms with Gasteiger partial charge < -0.3 is 14.8 Å². The molecular formula is C27H31F2N3O3. The van der Waals surface area contributed by atoms with Gasteiger partial charge in [0.25, 0.3) is 0 Å². The molecule has 6 nitrogen and oxygen atoms in total. The first kappa shape index (κ1) is 26.2. The van der Waals surface area contributed by atoms with Gasteiger partial charge >= 0.3 is 0 Å². The van der Waals surface area contributed by atoms with Crippen LogP contribution in [0.1, 0.15) is 23.6 Å². The van der Waals surface area contributed by atoms with Gasteiger partial charge in [-0.05, 0) is 48.0 Å². The Hall–Kier alpha value is -3.36. The van der Waals surface area contributed by atoms with Gasteiger partial charge in [-0.3, -0.25) is 9.69 Å². The van der Waals surface area contributed by atoms with Crippen molar-refractivity contribution in [2.75, 3.05) is 39.5 Å². The maximum atomic E-state index is 14.8. The van der Waals surface area contributed by atoms with E-state index in [9.17, 15) is 13.6 Å². The first-order chi connectivity index (χ1) is 16.9. The molecule has 1 N–H and O–H groups in total. The number of hydrogen-bond acceptors (Lipinski definition) is 5. The van der Waals surface area contributed by atoms with Crippen LogP contribution in [0, 0.1) is 5.82 Å². The summed E-state index contributed by atoms with van der Waals surface area (Å²) < 4.78 is 39.0. The number of carbonyl (C=O) groups is 1. The van der Waals surface area contributed by atoms with Crippen LogP contribution >= 0.6 is 0 Å². The van der Waals surface area contributed by atoms with Crippen LogP contribution in [0.4, 0.5) is 8.78 Å². The number of benzene rings is 2. The summed E-state index contributed by atoms with van der Waals surface area (Å²) >= 11 is 0. The van der Waals surface area contributed by atoms with E-state index in [0.717, 1.165) is 18.7 Å². The number of carbonyl (C=O) groups excluding carboxylic acids is 1. The van der Waals surface area contributed by atoms with Crippen LogP contribution in [0.15, 0.2) is 71.3 Å². The van der Waals surface area contributed by atoms with Crippen molar-refractivity contribution in [2.45, 2.75) is 19.9 Å². The summed E-state index contributed by atoms with van der Waals surface area (Å²) in [6.45, 7) is 9.58. The number of morpholine rings is 1. The molecule has 35 heavy (non-hydrogen) atoms. The van der Waals surface area contributed by atoms with Crippen molar-refractivity contribution >= 4 is 18.2 Å². The molecule has 1 amide bonds. The molecule has 0 unspecified atom stereocenters. The van der Waals surface area contributed by atoms with Gasteiger partial charge in [0, 0.05) is 32.3 Å². The summed E-state index contributed by atoms with van der Waals surface area (Å²) in [5, 5.41) is 2.77. The molecule has 1 aliphatic heterocycles. The van der Waals surface area contributed by atoms with Gasteiger partial charge in [0.2, 0.25) is 11.8 Å². The van der Waals surface area contributed by atoms with Gasteiger partial charge in [0.15, 0.2) is 0 Å². The molecule has 0 spiro atoms. The van der Waals surface area contributed by atoms with E-state index in [2.05, 4.69) is 21.9 Å². The molecule has 0 saturated carbocycles.